The van der Waals surface area contributed by atoms with Gasteiger partial charge in [-0.05, 0) is 49.8 Å². The van der Waals surface area contributed by atoms with Gasteiger partial charge in [0.25, 0.3) is 5.56 Å². The van der Waals surface area contributed by atoms with Crippen LogP contribution < -0.4 is 20.7 Å². The van der Waals surface area contributed by atoms with Crippen molar-refractivity contribution in [1.29, 1.82) is 0 Å². The average Bonchev–Trinajstić information content (AvgIpc) is 3.21. The van der Waals surface area contributed by atoms with Gasteiger partial charge in [-0.2, -0.15) is 0 Å². The molecule has 0 radical (unpaired) electrons. The molecular weight excluding hydrogens is 410 g/mol. The summed E-state index contributed by atoms with van der Waals surface area (Å²) in [5.41, 5.74) is -0.220. The highest BCUT2D eigenvalue weighted by Gasteiger charge is 2.16. The first kappa shape index (κ1) is 22.3. The number of sulfonamides is 1. The van der Waals surface area contributed by atoms with Gasteiger partial charge in [-0.3, -0.25) is 14.3 Å². The highest BCUT2D eigenvalue weighted by Crippen LogP contribution is 2.24. The minimum Gasteiger partial charge on any atom is -0.490 e. The second kappa shape index (κ2) is 10.6. The summed E-state index contributed by atoms with van der Waals surface area (Å²) in [6.45, 7) is 0.298. The maximum absolute atomic E-state index is 12.2. The van der Waals surface area contributed by atoms with Gasteiger partial charge < -0.3 is 9.47 Å². The van der Waals surface area contributed by atoms with E-state index in [-0.39, 0.29) is 38.2 Å². The first-order valence-corrected chi connectivity index (χ1v) is 11.7. The molecule has 3 rings (SSSR count). The molecular formula is C20H27N3O6S. The predicted molar refractivity (Wildman–Crippen MR) is 112 cm³/mol. The number of H-pyrrole nitrogens is 1. The van der Waals surface area contributed by atoms with Crippen LogP contribution in [0.15, 0.2) is 46.1 Å². The van der Waals surface area contributed by atoms with E-state index in [1.165, 1.54) is 29.7 Å². The van der Waals surface area contributed by atoms with Gasteiger partial charge in [0.05, 0.1) is 11.9 Å². The van der Waals surface area contributed by atoms with Crippen molar-refractivity contribution in [3.8, 4) is 5.75 Å². The Morgan fingerprint density at radius 3 is 2.73 bits per heavy atom. The molecule has 10 heteroatoms. The van der Waals surface area contributed by atoms with Gasteiger partial charge in [0.15, 0.2) is 0 Å². The molecule has 0 saturated heterocycles. The van der Waals surface area contributed by atoms with E-state index in [0.717, 1.165) is 24.2 Å². The lowest BCUT2D eigenvalue weighted by Crippen LogP contribution is -2.29. The van der Waals surface area contributed by atoms with Gasteiger partial charge in [0.2, 0.25) is 10.0 Å². The summed E-state index contributed by atoms with van der Waals surface area (Å²) >= 11 is 0. The van der Waals surface area contributed by atoms with E-state index in [9.17, 15) is 18.0 Å². The van der Waals surface area contributed by atoms with Gasteiger partial charge in [-0.25, -0.2) is 17.9 Å². The van der Waals surface area contributed by atoms with Crippen molar-refractivity contribution in [2.24, 2.45) is 0 Å². The Morgan fingerprint density at radius 1 is 1.17 bits per heavy atom. The zero-order chi connectivity index (χ0) is 21.4. The molecule has 1 aromatic heterocycles. The fourth-order valence-corrected chi connectivity index (χ4v) is 4.28. The summed E-state index contributed by atoms with van der Waals surface area (Å²) in [4.78, 5) is 24.6. The lowest BCUT2D eigenvalue weighted by atomic mass is 10.2. The monoisotopic (exact) mass is 437 g/mol. The normalized spacial score (nSPS) is 14.8. The van der Waals surface area contributed by atoms with Crippen LogP contribution in [0.25, 0.3) is 0 Å². The number of ether oxygens (including phenoxy) is 2. The van der Waals surface area contributed by atoms with E-state index in [1.54, 1.807) is 0 Å². The topological polar surface area (TPSA) is 119 Å². The van der Waals surface area contributed by atoms with Crippen molar-refractivity contribution in [3.63, 3.8) is 0 Å². The molecule has 0 atom stereocenters. The third-order valence-electron chi connectivity index (χ3n) is 4.83. The van der Waals surface area contributed by atoms with Crippen LogP contribution in [0.5, 0.6) is 5.75 Å². The van der Waals surface area contributed by atoms with E-state index < -0.39 is 21.3 Å². The second-order valence-corrected chi connectivity index (χ2v) is 9.21. The Labute approximate surface area is 175 Å². The largest absolute Gasteiger partial charge is 0.490 e. The van der Waals surface area contributed by atoms with Crippen LogP contribution >= 0.6 is 0 Å². The molecule has 2 aromatic rings. The molecule has 2 N–H and O–H groups in total. The summed E-state index contributed by atoms with van der Waals surface area (Å²) in [5, 5.41) is 0. The molecule has 9 nitrogen and oxygen atoms in total. The van der Waals surface area contributed by atoms with Gasteiger partial charge in [0, 0.05) is 25.4 Å². The third kappa shape index (κ3) is 7.12. The minimum atomic E-state index is -3.46. The molecule has 0 unspecified atom stereocenters. The quantitative estimate of drug-likeness (QED) is 0.512. The SMILES string of the molecule is O=c1ccn(COCCCS(=O)(=O)NCc2cccc(OC3CCCC3)c2)c(=O)[nH]1. The van der Waals surface area contributed by atoms with Crippen LogP contribution in [0.4, 0.5) is 0 Å². The number of nitrogens with zero attached hydrogens (tertiary/aromatic N) is 1. The molecule has 1 aromatic carbocycles. The molecule has 30 heavy (non-hydrogen) atoms. The Hall–Kier alpha value is -2.43. The van der Waals surface area contributed by atoms with Gasteiger partial charge in [-0.1, -0.05) is 12.1 Å². The number of aromatic amines is 1. The van der Waals surface area contributed by atoms with Gasteiger partial charge >= 0.3 is 5.69 Å². The molecule has 164 valence electrons. The number of rotatable bonds is 11. The first-order valence-electron chi connectivity index (χ1n) is 10.0. The lowest BCUT2D eigenvalue weighted by Gasteiger charge is -2.14. The number of benzene rings is 1. The van der Waals surface area contributed by atoms with Gasteiger partial charge in [-0.15, -0.1) is 0 Å². The van der Waals surface area contributed by atoms with Crippen molar-refractivity contribution in [2.45, 2.75) is 51.5 Å². The summed E-state index contributed by atoms with van der Waals surface area (Å²) in [6.07, 6.45) is 6.36. The number of aromatic nitrogens is 2. The fraction of sp³-hybridized carbons (Fsp3) is 0.500. The summed E-state index contributed by atoms with van der Waals surface area (Å²) < 4.78 is 39.4. The van der Waals surface area contributed by atoms with Crippen LogP contribution in [0.1, 0.15) is 37.7 Å². The Balaban J connectivity index is 1.38. The summed E-state index contributed by atoms with van der Waals surface area (Å²) in [7, 11) is -3.46. The summed E-state index contributed by atoms with van der Waals surface area (Å²) in [6, 6.07) is 8.69. The first-order chi connectivity index (χ1) is 14.4. The van der Waals surface area contributed by atoms with Crippen LogP contribution in [0.3, 0.4) is 0 Å². The zero-order valence-corrected chi connectivity index (χ0v) is 17.5. The van der Waals surface area contributed by atoms with Crippen LogP contribution in [-0.4, -0.2) is 36.4 Å². The standard InChI is InChI=1S/C20H27N3O6S/c24-19-9-10-23(20(25)22-19)15-28-11-4-12-30(26,27)21-14-16-5-3-8-18(13-16)29-17-6-1-2-7-17/h3,5,8-10,13,17,21H,1-2,4,6-7,11-12,14-15H2,(H,22,24,25). The van der Waals surface area contributed by atoms with Gasteiger partial charge in [0.1, 0.15) is 12.5 Å². The predicted octanol–water partition coefficient (Wildman–Crippen LogP) is 1.34. The average molecular weight is 438 g/mol. The van der Waals surface area contributed by atoms with E-state index in [0.29, 0.717) is 0 Å². The molecule has 0 spiro atoms. The maximum atomic E-state index is 12.2. The molecule has 0 bridgehead atoms. The van der Waals surface area contributed by atoms with Crippen molar-refractivity contribution in [1.82, 2.24) is 14.3 Å². The highest BCUT2D eigenvalue weighted by atomic mass is 32.2. The smallest absolute Gasteiger partial charge is 0.330 e. The van der Waals surface area contributed by atoms with Crippen LogP contribution in [-0.2, 0) is 28.0 Å². The van der Waals surface area contributed by atoms with E-state index in [1.807, 2.05) is 24.3 Å². The molecule has 1 fully saturated rings. The minimum absolute atomic E-state index is 0.0587. The van der Waals surface area contributed by atoms with Crippen molar-refractivity contribution in [3.05, 3.63) is 62.9 Å². The molecule has 1 saturated carbocycles. The Morgan fingerprint density at radius 2 is 1.97 bits per heavy atom. The fourth-order valence-electron chi connectivity index (χ4n) is 3.25. The van der Waals surface area contributed by atoms with E-state index in [2.05, 4.69) is 9.71 Å². The molecule has 0 amide bonds. The number of nitrogens with one attached hydrogen (secondary N) is 2. The van der Waals surface area contributed by atoms with Crippen molar-refractivity contribution < 1.29 is 17.9 Å². The molecule has 1 aliphatic rings. The maximum Gasteiger partial charge on any atom is 0.330 e. The summed E-state index contributed by atoms with van der Waals surface area (Å²) in [5.74, 6) is 0.677. The van der Waals surface area contributed by atoms with E-state index in [4.69, 9.17) is 9.47 Å². The van der Waals surface area contributed by atoms with Crippen LogP contribution in [0, 0.1) is 0 Å². The zero-order valence-electron chi connectivity index (χ0n) is 16.7. The second-order valence-electron chi connectivity index (χ2n) is 7.28. The van der Waals surface area contributed by atoms with Crippen molar-refractivity contribution >= 4 is 10.0 Å². The highest BCUT2D eigenvalue weighted by molar-refractivity contribution is 7.89. The number of hydrogen-bond acceptors (Lipinski definition) is 6. The number of hydrogen-bond donors (Lipinski definition) is 2. The third-order valence-corrected chi connectivity index (χ3v) is 6.24. The molecule has 1 aliphatic carbocycles. The lowest BCUT2D eigenvalue weighted by molar-refractivity contribution is 0.0744. The molecule has 1 heterocycles. The van der Waals surface area contributed by atoms with E-state index >= 15 is 0 Å². The van der Waals surface area contributed by atoms with Crippen molar-refractivity contribution in [2.75, 3.05) is 12.4 Å². The Bertz CT molecular complexity index is 1040. The molecule has 0 aliphatic heterocycles. The Kier molecular flexibility index (Phi) is 7.83. The van der Waals surface area contributed by atoms with Crippen LogP contribution in [0.2, 0.25) is 0 Å².